The number of halogens is 3. The maximum Gasteiger partial charge on any atom is 0.283 e. The number of rotatable bonds is 7. The summed E-state index contributed by atoms with van der Waals surface area (Å²) in [6.07, 6.45) is -1.25. The van der Waals surface area contributed by atoms with Crippen molar-refractivity contribution in [3.05, 3.63) is 71.7 Å². The number of ether oxygens (including phenoxy) is 1. The summed E-state index contributed by atoms with van der Waals surface area (Å²) in [5.41, 5.74) is 0.885. The molecule has 0 atom stereocenters. The summed E-state index contributed by atoms with van der Waals surface area (Å²) in [4.78, 5) is 12.8. The van der Waals surface area contributed by atoms with Gasteiger partial charge in [0.2, 0.25) is 5.89 Å². The van der Waals surface area contributed by atoms with Crippen LogP contribution in [0.15, 0.2) is 63.6 Å². The van der Waals surface area contributed by atoms with E-state index in [0.29, 0.717) is 16.9 Å². The molecule has 2 aromatic heterocycles. The minimum atomic E-state index is -2.71. The normalized spacial score (nSPS) is 11.0. The molecule has 0 radical (unpaired) electrons. The Bertz CT molecular complexity index is 1240. The second-order valence-electron chi connectivity index (χ2n) is 6.74. The van der Waals surface area contributed by atoms with Crippen LogP contribution in [-0.4, -0.2) is 29.1 Å². The zero-order valence-corrected chi connectivity index (χ0v) is 16.6. The van der Waals surface area contributed by atoms with Crippen LogP contribution in [0.25, 0.3) is 23.1 Å². The van der Waals surface area contributed by atoms with Gasteiger partial charge in [-0.3, -0.25) is 4.79 Å². The van der Waals surface area contributed by atoms with Crippen molar-refractivity contribution in [2.75, 3.05) is 11.9 Å². The van der Waals surface area contributed by atoms with E-state index in [-0.39, 0.29) is 28.8 Å². The molecule has 0 aliphatic rings. The largest absolute Gasteiger partial charge is 0.487 e. The van der Waals surface area contributed by atoms with E-state index in [9.17, 15) is 18.0 Å². The van der Waals surface area contributed by atoms with Gasteiger partial charge in [0, 0.05) is 5.56 Å². The fourth-order valence-electron chi connectivity index (χ4n) is 2.88. The maximum atomic E-state index is 14.4. The smallest absolute Gasteiger partial charge is 0.283 e. The van der Waals surface area contributed by atoms with Crippen molar-refractivity contribution in [1.29, 1.82) is 0 Å². The van der Waals surface area contributed by atoms with E-state index in [2.05, 4.69) is 15.5 Å². The molecule has 0 bridgehead atoms. The molecule has 164 valence electrons. The molecule has 0 unspecified atom stereocenters. The van der Waals surface area contributed by atoms with Gasteiger partial charge in [0.25, 0.3) is 18.2 Å². The highest BCUT2D eigenvalue weighted by atomic mass is 19.3. The topological polar surface area (TPSA) is 90.4 Å². The SMILES string of the molecule is Cc1ccc(OCC(F)F)c(C(=O)Nc2cc(-c3nnc(-c4ccco4)o3)ccc2F)c1. The van der Waals surface area contributed by atoms with Crippen LogP contribution in [0.3, 0.4) is 0 Å². The summed E-state index contributed by atoms with van der Waals surface area (Å²) in [6, 6.07) is 11.7. The van der Waals surface area contributed by atoms with Gasteiger partial charge in [-0.05, 0) is 49.4 Å². The number of aryl methyl sites for hydroxylation is 1. The number of carbonyl (C=O) groups excluding carboxylic acids is 1. The lowest BCUT2D eigenvalue weighted by atomic mass is 10.1. The lowest BCUT2D eigenvalue weighted by Gasteiger charge is -2.13. The third-order valence-corrected chi connectivity index (χ3v) is 4.36. The summed E-state index contributed by atoms with van der Waals surface area (Å²) < 4.78 is 55.2. The Morgan fingerprint density at radius 3 is 2.69 bits per heavy atom. The monoisotopic (exact) mass is 443 g/mol. The Kier molecular flexibility index (Phi) is 5.93. The Morgan fingerprint density at radius 1 is 1.12 bits per heavy atom. The number of benzene rings is 2. The Hall–Kier alpha value is -4.08. The van der Waals surface area contributed by atoms with E-state index in [1.807, 2.05) is 0 Å². The molecule has 4 rings (SSSR count). The van der Waals surface area contributed by atoms with Crippen LogP contribution in [0.5, 0.6) is 5.75 Å². The highest BCUT2D eigenvalue weighted by molar-refractivity contribution is 6.06. The Morgan fingerprint density at radius 2 is 1.94 bits per heavy atom. The average molecular weight is 443 g/mol. The Balaban J connectivity index is 1.59. The third-order valence-electron chi connectivity index (χ3n) is 4.36. The zero-order valence-electron chi connectivity index (χ0n) is 16.6. The molecule has 10 heteroatoms. The maximum absolute atomic E-state index is 14.4. The van der Waals surface area contributed by atoms with Crippen LogP contribution in [0.4, 0.5) is 18.9 Å². The first-order valence-electron chi connectivity index (χ1n) is 9.41. The minimum Gasteiger partial charge on any atom is -0.487 e. The quantitative estimate of drug-likeness (QED) is 0.415. The molecule has 0 fully saturated rings. The van der Waals surface area contributed by atoms with Gasteiger partial charge in [0.15, 0.2) is 5.76 Å². The highest BCUT2D eigenvalue weighted by Gasteiger charge is 2.18. The van der Waals surface area contributed by atoms with Crippen molar-refractivity contribution in [3.63, 3.8) is 0 Å². The number of furan rings is 1. The fraction of sp³-hybridized carbons (Fsp3) is 0.136. The average Bonchev–Trinajstić information content (AvgIpc) is 3.46. The first kappa shape index (κ1) is 21.2. The molecule has 2 heterocycles. The number of amides is 1. The predicted octanol–water partition coefficient (Wildman–Crippen LogP) is 5.34. The lowest BCUT2D eigenvalue weighted by molar-refractivity contribution is 0.0803. The highest BCUT2D eigenvalue weighted by Crippen LogP contribution is 2.28. The van der Waals surface area contributed by atoms with Gasteiger partial charge < -0.3 is 18.9 Å². The van der Waals surface area contributed by atoms with Crippen molar-refractivity contribution >= 4 is 11.6 Å². The number of aromatic nitrogens is 2. The molecule has 1 amide bonds. The second kappa shape index (κ2) is 8.96. The van der Waals surface area contributed by atoms with E-state index in [1.165, 1.54) is 30.5 Å². The van der Waals surface area contributed by atoms with Gasteiger partial charge in [-0.15, -0.1) is 10.2 Å². The minimum absolute atomic E-state index is 0.00616. The molecule has 0 saturated carbocycles. The molecule has 1 N–H and O–H groups in total. The molecule has 32 heavy (non-hydrogen) atoms. The summed E-state index contributed by atoms with van der Waals surface area (Å²) in [7, 11) is 0. The van der Waals surface area contributed by atoms with Crippen molar-refractivity contribution in [3.8, 4) is 28.9 Å². The Labute approximate surface area is 179 Å². The van der Waals surface area contributed by atoms with Crippen LogP contribution >= 0.6 is 0 Å². The zero-order chi connectivity index (χ0) is 22.7. The number of alkyl halides is 2. The van der Waals surface area contributed by atoms with Crippen LogP contribution in [0.1, 0.15) is 15.9 Å². The number of hydrogen-bond donors (Lipinski definition) is 1. The van der Waals surface area contributed by atoms with Crippen LogP contribution < -0.4 is 10.1 Å². The molecule has 7 nitrogen and oxygen atoms in total. The molecular weight excluding hydrogens is 427 g/mol. The van der Waals surface area contributed by atoms with E-state index in [4.69, 9.17) is 13.6 Å². The van der Waals surface area contributed by atoms with E-state index in [1.54, 1.807) is 25.1 Å². The fourth-order valence-corrected chi connectivity index (χ4v) is 2.88. The van der Waals surface area contributed by atoms with E-state index < -0.39 is 24.8 Å². The third kappa shape index (κ3) is 4.64. The van der Waals surface area contributed by atoms with Crippen LogP contribution in [0, 0.1) is 12.7 Å². The van der Waals surface area contributed by atoms with Crippen LogP contribution in [0.2, 0.25) is 0 Å². The second-order valence-corrected chi connectivity index (χ2v) is 6.74. The predicted molar refractivity (Wildman–Crippen MR) is 108 cm³/mol. The summed E-state index contributed by atoms with van der Waals surface area (Å²) in [6.45, 7) is 0.851. The van der Waals surface area contributed by atoms with Crippen LogP contribution in [-0.2, 0) is 0 Å². The van der Waals surface area contributed by atoms with Crippen molar-refractivity contribution in [1.82, 2.24) is 10.2 Å². The molecule has 4 aromatic rings. The standard InChI is InChI=1S/C22H16F3N3O4/c1-12-4-7-17(31-11-19(24)25)14(9-12)20(29)26-16-10-13(5-6-15(16)23)21-27-28-22(32-21)18-3-2-8-30-18/h2-10,19H,11H2,1H3,(H,26,29). The van der Waals surface area contributed by atoms with Gasteiger partial charge in [-0.25, -0.2) is 13.2 Å². The molecule has 2 aromatic carbocycles. The summed E-state index contributed by atoms with van der Waals surface area (Å²) >= 11 is 0. The van der Waals surface area contributed by atoms with Crippen molar-refractivity contribution < 1.29 is 31.5 Å². The molecule has 0 spiro atoms. The van der Waals surface area contributed by atoms with Crippen molar-refractivity contribution in [2.45, 2.75) is 13.3 Å². The van der Waals surface area contributed by atoms with Gasteiger partial charge in [-0.2, -0.15) is 0 Å². The lowest BCUT2D eigenvalue weighted by Crippen LogP contribution is -2.16. The molecule has 0 aliphatic carbocycles. The van der Waals surface area contributed by atoms with E-state index >= 15 is 0 Å². The number of carbonyl (C=O) groups is 1. The number of anilines is 1. The van der Waals surface area contributed by atoms with Gasteiger partial charge in [-0.1, -0.05) is 11.6 Å². The summed E-state index contributed by atoms with van der Waals surface area (Å²) in [5.74, 6) is -0.879. The first-order chi connectivity index (χ1) is 15.4. The molecular formula is C22H16F3N3O4. The molecule has 0 aliphatic heterocycles. The van der Waals surface area contributed by atoms with Gasteiger partial charge >= 0.3 is 0 Å². The van der Waals surface area contributed by atoms with E-state index in [0.717, 1.165) is 6.07 Å². The van der Waals surface area contributed by atoms with Gasteiger partial charge in [0.05, 0.1) is 17.5 Å². The summed E-state index contributed by atoms with van der Waals surface area (Å²) in [5, 5.41) is 10.2. The number of nitrogens with zero attached hydrogens (tertiary/aromatic N) is 2. The number of hydrogen-bond acceptors (Lipinski definition) is 6. The number of nitrogens with one attached hydrogen (secondary N) is 1. The van der Waals surface area contributed by atoms with Crippen molar-refractivity contribution in [2.24, 2.45) is 0 Å². The van der Waals surface area contributed by atoms with Gasteiger partial charge in [0.1, 0.15) is 18.2 Å². The first-order valence-corrected chi connectivity index (χ1v) is 9.41. The molecule has 0 saturated heterocycles.